The second-order valence-electron chi connectivity index (χ2n) is 8.05. The van der Waals surface area contributed by atoms with Gasteiger partial charge in [0.2, 0.25) is 5.91 Å². The highest BCUT2D eigenvalue weighted by Gasteiger charge is 2.52. The minimum atomic E-state index is -0.856. The number of benzene rings is 2. The van der Waals surface area contributed by atoms with Gasteiger partial charge in [-0.1, -0.05) is 67.6 Å². The first kappa shape index (κ1) is 23.4. The van der Waals surface area contributed by atoms with Crippen molar-refractivity contribution in [3.05, 3.63) is 71.8 Å². The summed E-state index contributed by atoms with van der Waals surface area (Å²) >= 11 is 0. The smallest absolute Gasteiger partial charge is 0.305 e. The van der Waals surface area contributed by atoms with Crippen LogP contribution in [0.1, 0.15) is 37.7 Å². The van der Waals surface area contributed by atoms with E-state index in [-0.39, 0.29) is 25.5 Å². The third kappa shape index (κ3) is 5.78. The molecule has 2 aliphatic rings. The van der Waals surface area contributed by atoms with E-state index in [2.05, 4.69) is 5.32 Å². The molecule has 1 N–H and O–H groups in total. The van der Waals surface area contributed by atoms with Crippen molar-refractivity contribution in [2.24, 2.45) is 0 Å². The van der Waals surface area contributed by atoms with E-state index in [1.54, 1.807) is 6.92 Å². The molecule has 8 nitrogen and oxygen atoms in total. The van der Waals surface area contributed by atoms with Gasteiger partial charge in [-0.25, -0.2) is 0 Å². The second kappa shape index (κ2) is 10.9. The molecular weight excluding hydrogens is 426 g/mol. The lowest BCUT2D eigenvalue weighted by Gasteiger charge is -2.48. The highest BCUT2D eigenvalue weighted by molar-refractivity contribution is 5.73. The largest absolute Gasteiger partial charge is 0.457 e. The van der Waals surface area contributed by atoms with Crippen LogP contribution in [-0.4, -0.2) is 49.1 Å². The quantitative estimate of drug-likeness (QED) is 0.642. The van der Waals surface area contributed by atoms with Crippen LogP contribution in [0.25, 0.3) is 0 Å². The summed E-state index contributed by atoms with van der Waals surface area (Å²) in [6.45, 7) is 3.61. The molecule has 2 aliphatic heterocycles. The first-order valence-corrected chi connectivity index (χ1v) is 11.1. The van der Waals surface area contributed by atoms with Crippen molar-refractivity contribution in [1.82, 2.24) is 5.32 Å². The number of nitrogens with one attached hydrogen (secondary N) is 1. The molecule has 0 saturated carbocycles. The molecule has 2 heterocycles. The average Bonchev–Trinajstić information content (AvgIpc) is 2.84. The Hall–Kier alpha value is -2.78. The minimum absolute atomic E-state index is 0.190. The lowest BCUT2D eigenvalue weighted by molar-refractivity contribution is -0.346. The van der Waals surface area contributed by atoms with Gasteiger partial charge in [-0.05, 0) is 5.56 Å². The fraction of sp³-hybridized carbons (Fsp3) is 0.440. The van der Waals surface area contributed by atoms with Crippen LogP contribution in [0.3, 0.4) is 0 Å². The van der Waals surface area contributed by atoms with Crippen molar-refractivity contribution >= 4 is 11.9 Å². The molecule has 2 aromatic rings. The van der Waals surface area contributed by atoms with Gasteiger partial charge in [0.05, 0.1) is 13.2 Å². The van der Waals surface area contributed by atoms with Gasteiger partial charge in [-0.2, -0.15) is 0 Å². The van der Waals surface area contributed by atoms with Crippen molar-refractivity contribution in [3.8, 4) is 0 Å². The van der Waals surface area contributed by atoms with E-state index in [1.807, 2.05) is 60.7 Å². The molecule has 0 spiro atoms. The highest BCUT2D eigenvalue weighted by atomic mass is 16.8. The summed E-state index contributed by atoms with van der Waals surface area (Å²) in [5.74, 6) is -0.691. The molecule has 0 unspecified atom stereocenters. The molecule has 2 saturated heterocycles. The van der Waals surface area contributed by atoms with E-state index in [4.69, 9.17) is 23.7 Å². The number of rotatable bonds is 7. The van der Waals surface area contributed by atoms with Gasteiger partial charge in [0, 0.05) is 18.9 Å². The van der Waals surface area contributed by atoms with Crippen LogP contribution in [0.4, 0.5) is 0 Å². The van der Waals surface area contributed by atoms with E-state index in [0.29, 0.717) is 0 Å². The summed E-state index contributed by atoms with van der Waals surface area (Å²) in [6.07, 6.45) is -3.30. The van der Waals surface area contributed by atoms with Gasteiger partial charge in [0.25, 0.3) is 0 Å². The molecule has 2 aromatic carbocycles. The first-order chi connectivity index (χ1) is 16.0. The standard InChI is InChI=1S/C25H29NO7/c1-3-20(28)32-23-21(26-16(2)27)25(29-14-17-10-6-4-7-11-17)31-19-15-30-24(33-22(19)23)18-12-8-5-9-13-18/h4-13,19,21-25H,3,14-15H2,1-2H3,(H,26,27)/t19-,21-,22+,23+,24+,25+/m0/s1. The molecule has 8 heteroatoms. The minimum Gasteiger partial charge on any atom is -0.457 e. The predicted octanol–water partition coefficient (Wildman–Crippen LogP) is 2.87. The first-order valence-electron chi connectivity index (χ1n) is 11.1. The number of ether oxygens (including phenoxy) is 5. The number of hydrogen-bond acceptors (Lipinski definition) is 7. The van der Waals surface area contributed by atoms with Gasteiger partial charge in [-0.15, -0.1) is 0 Å². The van der Waals surface area contributed by atoms with Crippen LogP contribution in [0.5, 0.6) is 0 Å². The fourth-order valence-corrected chi connectivity index (χ4v) is 4.01. The molecular formula is C25H29NO7. The molecule has 176 valence electrons. The summed E-state index contributed by atoms with van der Waals surface area (Å²) in [6, 6.07) is 18.4. The normalized spacial score (nSPS) is 29.0. The van der Waals surface area contributed by atoms with E-state index in [1.165, 1.54) is 6.92 Å². The monoisotopic (exact) mass is 455 g/mol. The van der Waals surface area contributed by atoms with Crippen LogP contribution in [-0.2, 0) is 39.9 Å². The maximum atomic E-state index is 12.3. The van der Waals surface area contributed by atoms with Gasteiger partial charge in [0.1, 0.15) is 18.2 Å². The van der Waals surface area contributed by atoms with Crippen molar-refractivity contribution in [1.29, 1.82) is 0 Å². The van der Waals surface area contributed by atoms with Crippen LogP contribution in [0.2, 0.25) is 0 Å². The Balaban J connectivity index is 1.58. The van der Waals surface area contributed by atoms with Crippen LogP contribution in [0.15, 0.2) is 60.7 Å². The Kier molecular flexibility index (Phi) is 7.72. The van der Waals surface area contributed by atoms with Gasteiger partial charge in [-0.3, -0.25) is 9.59 Å². The number of esters is 1. The number of carbonyl (C=O) groups excluding carboxylic acids is 2. The summed E-state index contributed by atoms with van der Waals surface area (Å²) in [5.41, 5.74) is 1.79. The Morgan fingerprint density at radius 2 is 1.73 bits per heavy atom. The van der Waals surface area contributed by atoms with Crippen molar-refractivity contribution < 1.29 is 33.3 Å². The third-order valence-electron chi connectivity index (χ3n) is 5.59. The SMILES string of the molecule is CCC(=O)O[C@@H]1[C@H](NC(C)=O)[C@H](OCc2ccccc2)O[C@H]2CO[C@@H](c3ccccc3)O[C@@H]12. The third-order valence-corrected chi connectivity index (χ3v) is 5.59. The van der Waals surface area contributed by atoms with E-state index >= 15 is 0 Å². The topological polar surface area (TPSA) is 92.3 Å². The maximum absolute atomic E-state index is 12.3. The lowest BCUT2D eigenvalue weighted by Crippen LogP contribution is -2.67. The van der Waals surface area contributed by atoms with E-state index in [0.717, 1.165) is 11.1 Å². The fourth-order valence-electron chi connectivity index (χ4n) is 4.01. The van der Waals surface area contributed by atoms with Gasteiger partial charge < -0.3 is 29.0 Å². The van der Waals surface area contributed by atoms with Gasteiger partial charge in [0.15, 0.2) is 18.7 Å². The Bertz CT molecular complexity index is 923. The van der Waals surface area contributed by atoms with Crippen molar-refractivity contribution in [2.75, 3.05) is 6.61 Å². The molecule has 0 aliphatic carbocycles. The molecule has 1 amide bonds. The molecule has 33 heavy (non-hydrogen) atoms. The summed E-state index contributed by atoms with van der Waals surface area (Å²) in [7, 11) is 0. The average molecular weight is 456 g/mol. The highest BCUT2D eigenvalue weighted by Crippen LogP contribution is 2.36. The van der Waals surface area contributed by atoms with Crippen LogP contribution < -0.4 is 5.32 Å². The van der Waals surface area contributed by atoms with Crippen LogP contribution >= 0.6 is 0 Å². The molecule has 0 radical (unpaired) electrons. The summed E-state index contributed by atoms with van der Waals surface area (Å²) in [4.78, 5) is 24.4. The lowest BCUT2D eigenvalue weighted by atomic mass is 9.95. The Labute approximate surface area is 193 Å². The number of carbonyl (C=O) groups is 2. The zero-order chi connectivity index (χ0) is 23.2. The predicted molar refractivity (Wildman–Crippen MR) is 118 cm³/mol. The van der Waals surface area contributed by atoms with Gasteiger partial charge >= 0.3 is 5.97 Å². The zero-order valence-corrected chi connectivity index (χ0v) is 18.7. The number of fused-ring (bicyclic) bond motifs is 1. The van der Waals surface area contributed by atoms with E-state index in [9.17, 15) is 9.59 Å². The number of amides is 1. The summed E-state index contributed by atoms with van der Waals surface area (Å²) < 4.78 is 30.2. The molecule has 0 bridgehead atoms. The number of hydrogen-bond donors (Lipinski definition) is 1. The van der Waals surface area contributed by atoms with E-state index < -0.39 is 42.9 Å². The molecule has 4 rings (SSSR count). The van der Waals surface area contributed by atoms with Crippen molar-refractivity contribution in [3.63, 3.8) is 0 Å². The second-order valence-corrected chi connectivity index (χ2v) is 8.05. The summed E-state index contributed by atoms with van der Waals surface area (Å²) in [5, 5.41) is 2.85. The maximum Gasteiger partial charge on any atom is 0.305 e. The van der Waals surface area contributed by atoms with Crippen LogP contribution in [0, 0.1) is 0 Å². The molecule has 0 aromatic heterocycles. The molecule has 6 atom stereocenters. The Morgan fingerprint density at radius 3 is 2.39 bits per heavy atom. The molecule has 2 fully saturated rings. The zero-order valence-electron chi connectivity index (χ0n) is 18.7. The Morgan fingerprint density at radius 1 is 1.03 bits per heavy atom. The van der Waals surface area contributed by atoms with Crippen molar-refractivity contribution in [2.45, 2.75) is 63.8 Å².